The molecular formula is C16H18FeN2S-6. The summed E-state index contributed by atoms with van der Waals surface area (Å²) >= 11 is 1.64. The van der Waals surface area contributed by atoms with Gasteiger partial charge in [-0.15, -0.1) is 11.3 Å². The second-order valence-corrected chi connectivity index (χ2v) is 4.99. The number of hydrogen-bond donors (Lipinski definition) is 1. The van der Waals surface area contributed by atoms with Gasteiger partial charge in [0.25, 0.3) is 0 Å². The monoisotopic (exact) mass is 326 g/mol. The molecule has 112 valence electrons. The quantitative estimate of drug-likeness (QED) is 0.576. The van der Waals surface area contributed by atoms with E-state index in [0.717, 1.165) is 12.2 Å². The van der Waals surface area contributed by atoms with E-state index in [4.69, 9.17) is 0 Å². The first-order chi connectivity index (χ1) is 9.36. The Morgan fingerprint density at radius 3 is 2.50 bits per heavy atom. The molecule has 4 heteroatoms. The third kappa shape index (κ3) is 5.85. The van der Waals surface area contributed by atoms with Gasteiger partial charge in [0.05, 0.1) is 11.2 Å². The topological polar surface area (TPSA) is 24.9 Å². The second kappa shape index (κ2) is 9.67. The smallest absolute Gasteiger partial charge is 0.0795 e. The zero-order valence-corrected chi connectivity index (χ0v) is 13.3. The van der Waals surface area contributed by atoms with Gasteiger partial charge in [-0.25, -0.2) is 17.1 Å². The van der Waals surface area contributed by atoms with Crippen molar-refractivity contribution in [2.75, 3.05) is 0 Å². The molecule has 1 unspecified atom stereocenters. The Morgan fingerprint density at radius 1 is 1.30 bits per heavy atom. The molecule has 2 aromatic carbocycles. The molecule has 3 rings (SSSR count). The first-order valence-corrected chi connectivity index (χ1v) is 7.29. The standard InChI is InChI=1S/C11H13N2S.C5H5.Fe/c1-9(11-7-14-8-13-11)12-6-10-4-2-3-5-10;1-2-4-5-3-1;/h2-5,7-9,12H,6H2,1H3;1-5H;/q-5;-1;. The van der Waals surface area contributed by atoms with Crippen LogP contribution in [0.5, 0.6) is 0 Å². The summed E-state index contributed by atoms with van der Waals surface area (Å²) in [6.07, 6.45) is 0. The number of nitrogens with one attached hydrogen (secondary N) is 1. The summed E-state index contributed by atoms with van der Waals surface area (Å²) < 4.78 is 0. The van der Waals surface area contributed by atoms with Gasteiger partial charge in [-0.3, -0.25) is 0 Å². The molecule has 0 saturated carbocycles. The molecule has 1 atom stereocenters. The van der Waals surface area contributed by atoms with Crippen molar-refractivity contribution in [2.45, 2.75) is 19.5 Å². The van der Waals surface area contributed by atoms with Gasteiger partial charge < -0.3 is 35.1 Å². The van der Waals surface area contributed by atoms with Crippen LogP contribution >= 0.6 is 11.3 Å². The van der Waals surface area contributed by atoms with E-state index in [9.17, 15) is 0 Å². The Hall–Kier alpha value is -1.19. The molecule has 0 aliphatic carbocycles. The van der Waals surface area contributed by atoms with Gasteiger partial charge in [0.2, 0.25) is 0 Å². The van der Waals surface area contributed by atoms with Crippen molar-refractivity contribution >= 4 is 11.3 Å². The number of hydrogen-bond acceptors (Lipinski definition) is 3. The molecule has 1 heterocycles. The summed E-state index contributed by atoms with van der Waals surface area (Å²) in [7, 11) is 0. The minimum Gasteiger partial charge on any atom is -0.748 e. The van der Waals surface area contributed by atoms with Gasteiger partial charge >= 0.3 is 0 Å². The molecule has 0 bridgehead atoms. The van der Waals surface area contributed by atoms with Crippen LogP contribution in [0.1, 0.15) is 24.2 Å². The molecule has 1 aromatic heterocycles. The first-order valence-electron chi connectivity index (χ1n) is 6.35. The van der Waals surface area contributed by atoms with Gasteiger partial charge in [-0.05, 0) is 6.92 Å². The van der Waals surface area contributed by atoms with Gasteiger partial charge in [0.1, 0.15) is 0 Å². The van der Waals surface area contributed by atoms with Crippen molar-refractivity contribution < 1.29 is 17.1 Å². The summed E-state index contributed by atoms with van der Waals surface area (Å²) in [5.41, 5.74) is 4.32. The largest absolute Gasteiger partial charge is 0.748 e. The first kappa shape index (κ1) is 16.9. The van der Waals surface area contributed by atoms with E-state index in [1.165, 1.54) is 5.56 Å². The Bertz CT molecular complexity index is 498. The van der Waals surface area contributed by atoms with Crippen molar-refractivity contribution in [1.82, 2.24) is 10.3 Å². The minimum atomic E-state index is 0. The fourth-order valence-corrected chi connectivity index (χ4v) is 2.31. The Morgan fingerprint density at radius 2 is 2.00 bits per heavy atom. The van der Waals surface area contributed by atoms with E-state index in [0.29, 0.717) is 6.04 Å². The maximum atomic E-state index is 4.27. The molecular weight excluding hydrogens is 308 g/mol. The van der Waals surface area contributed by atoms with Crippen LogP contribution in [-0.2, 0) is 23.6 Å². The normalized spacial score (nSPS) is 11.1. The maximum Gasteiger partial charge on any atom is 0.0795 e. The molecule has 3 aromatic rings. The van der Waals surface area contributed by atoms with Gasteiger partial charge in [-0.1, -0.05) is 0 Å². The minimum absolute atomic E-state index is 0. The number of aromatic nitrogens is 1. The molecule has 20 heavy (non-hydrogen) atoms. The van der Waals surface area contributed by atoms with E-state index in [-0.39, 0.29) is 17.1 Å². The zero-order chi connectivity index (χ0) is 13.3. The number of thiazole rings is 1. The third-order valence-electron chi connectivity index (χ3n) is 2.79. The average Bonchev–Trinajstić information content (AvgIpc) is 3.21. The summed E-state index contributed by atoms with van der Waals surface area (Å²) in [4.78, 5) is 4.27. The summed E-state index contributed by atoms with van der Waals surface area (Å²) in [6.45, 7) is 3.05. The van der Waals surface area contributed by atoms with Gasteiger partial charge in [0, 0.05) is 28.5 Å². The number of nitrogens with zero attached hydrogens (tertiary/aromatic N) is 1. The summed E-state index contributed by atoms with van der Waals surface area (Å²) in [5.74, 6) is 0. The summed E-state index contributed by atoms with van der Waals surface area (Å²) in [6, 6.07) is 18.7. The van der Waals surface area contributed by atoms with Crippen LogP contribution in [0.15, 0.2) is 65.5 Å². The molecule has 2 nitrogen and oxygen atoms in total. The molecule has 1 N–H and O–H groups in total. The van der Waals surface area contributed by atoms with E-state index >= 15 is 0 Å². The Balaban J connectivity index is 0.000000283. The SMILES string of the molecule is CC(NC[c-]1[cH-][cH-][cH-][cH-]1)c1cscn1.[Fe].c1cc[cH-]c1. The van der Waals surface area contributed by atoms with Gasteiger partial charge in [-0.2, -0.15) is 24.7 Å². The maximum absolute atomic E-state index is 4.27. The van der Waals surface area contributed by atoms with Crippen LogP contribution in [0, 0.1) is 0 Å². The fraction of sp³-hybridized carbons (Fsp3) is 0.188. The molecule has 0 spiro atoms. The predicted octanol–water partition coefficient (Wildman–Crippen LogP) is 4.12. The van der Waals surface area contributed by atoms with E-state index < -0.39 is 0 Å². The second-order valence-electron chi connectivity index (χ2n) is 4.27. The zero-order valence-electron chi connectivity index (χ0n) is 11.3. The third-order valence-corrected chi connectivity index (χ3v) is 3.40. The van der Waals surface area contributed by atoms with Crippen LogP contribution in [0.4, 0.5) is 0 Å². The van der Waals surface area contributed by atoms with Crippen molar-refractivity contribution in [3.8, 4) is 0 Å². The molecule has 0 aliphatic heterocycles. The average molecular weight is 326 g/mol. The van der Waals surface area contributed by atoms with Gasteiger partial charge in [0.15, 0.2) is 0 Å². The molecule has 0 amide bonds. The van der Waals surface area contributed by atoms with E-state index in [2.05, 4.69) is 46.9 Å². The van der Waals surface area contributed by atoms with Crippen molar-refractivity contribution in [3.05, 3.63) is 76.7 Å². The molecule has 0 saturated heterocycles. The van der Waals surface area contributed by atoms with Crippen LogP contribution in [0.3, 0.4) is 0 Å². The van der Waals surface area contributed by atoms with E-state index in [1.807, 2.05) is 35.8 Å². The fourth-order valence-electron chi connectivity index (χ4n) is 1.66. The summed E-state index contributed by atoms with van der Waals surface area (Å²) in [5, 5.41) is 5.52. The Kier molecular flexibility index (Phi) is 8.16. The number of rotatable bonds is 4. The van der Waals surface area contributed by atoms with E-state index in [1.54, 1.807) is 11.3 Å². The van der Waals surface area contributed by atoms with Crippen LogP contribution in [-0.4, -0.2) is 4.98 Å². The predicted molar refractivity (Wildman–Crippen MR) is 81.4 cm³/mol. The Labute approximate surface area is 135 Å². The van der Waals surface area contributed by atoms with Crippen LogP contribution in [0.2, 0.25) is 0 Å². The van der Waals surface area contributed by atoms with Crippen molar-refractivity contribution in [1.29, 1.82) is 0 Å². The molecule has 0 radical (unpaired) electrons. The van der Waals surface area contributed by atoms with Crippen LogP contribution < -0.4 is 5.32 Å². The molecule has 0 fully saturated rings. The molecule has 0 aliphatic rings. The van der Waals surface area contributed by atoms with Crippen molar-refractivity contribution in [2.24, 2.45) is 0 Å². The van der Waals surface area contributed by atoms with Crippen molar-refractivity contribution in [3.63, 3.8) is 0 Å². The van der Waals surface area contributed by atoms with Crippen LogP contribution in [0.25, 0.3) is 0 Å².